The number of amides is 1. The van der Waals surface area contributed by atoms with E-state index in [1.54, 1.807) is 11.1 Å². The predicted octanol–water partition coefficient (Wildman–Crippen LogP) is 5.65. The van der Waals surface area contributed by atoms with Crippen molar-refractivity contribution in [2.75, 3.05) is 39.5 Å². The smallest absolute Gasteiger partial charge is 0.210 e. The van der Waals surface area contributed by atoms with E-state index >= 15 is 0 Å². The summed E-state index contributed by atoms with van der Waals surface area (Å²) in [5.41, 5.74) is 4.46. The fraction of sp³-hybridized carbons (Fsp3) is 0.333. The molecule has 4 rings (SSSR count). The van der Waals surface area contributed by atoms with Gasteiger partial charge in [-0.05, 0) is 55.7 Å². The fourth-order valence-electron chi connectivity index (χ4n) is 3.70. The Labute approximate surface area is 225 Å². The molecule has 1 amide bonds. The Morgan fingerprint density at radius 3 is 2.59 bits per heavy atom. The number of aromatic nitrogens is 1. The van der Waals surface area contributed by atoms with Crippen LogP contribution in [0.2, 0.25) is 5.02 Å². The quantitative estimate of drug-likeness (QED) is 0.291. The average Bonchev–Trinajstić information content (AvgIpc) is 2.90. The third-order valence-corrected chi connectivity index (χ3v) is 6.24. The van der Waals surface area contributed by atoms with Gasteiger partial charge in [0.25, 0.3) is 0 Å². The van der Waals surface area contributed by atoms with Gasteiger partial charge in [-0.3, -0.25) is 9.78 Å². The minimum Gasteiger partial charge on any atom is -0.491 e. The summed E-state index contributed by atoms with van der Waals surface area (Å²) in [6, 6.07) is 18.3. The standard InChI is InChI=1S/C23H23ClN2O.C7H13NO2/c1-18-6-8-20(9-7-18)21-10-11-23(22(24)16-21)27-15-14-25-12-2-4-19-5-3-13-26-17-19;1-7(2)5-10-4-3-8(7)6-9/h2-11,13,16-17,25H,12,14-15H2,1H3;6H,3-5H2,1-2H3/b4-2+;. The van der Waals surface area contributed by atoms with Gasteiger partial charge in [-0.25, -0.2) is 0 Å². The third kappa shape index (κ3) is 9.32. The number of hydrogen-bond donors (Lipinski definition) is 1. The van der Waals surface area contributed by atoms with Crippen molar-refractivity contribution < 1.29 is 14.3 Å². The van der Waals surface area contributed by atoms with Gasteiger partial charge in [-0.2, -0.15) is 0 Å². The van der Waals surface area contributed by atoms with Gasteiger partial charge in [0.05, 0.1) is 23.8 Å². The lowest BCUT2D eigenvalue weighted by atomic mass is 10.0. The van der Waals surface area contributed by atoms with Crippen LogP contribution in [0, 0.1) is 6.92 Å². The molecule has 6 nitrogen and oxygen atoms in total. The average molecular weight is 522 g/mol. The van der Waals surface area contributed by atoms with Gasteiger partial charge in [0.15, 0.2) is 0 Å². The summed E-state index contributed by atoms with van der Waals surface area (Å²) in [7, 11) is 0. The molecule has 1 fully saturated rings. The summed E-state index contributed by atoms with van der Waals surface area (Å²) in [5.74, 6) is 0.709. The van der Waals surface area contributed by atoms with Gasteiger partial charge in [0.1, 0.15) is 12.4 Å². The number of nitrogens with one attached hydrogen (secondary N) is 1. The molecule has 2 heterocycles. The molecule has 1 aliphatic heterocycles. The molecule has 0 spiro atoms. The molecule has 0 radical (unpaired) electrons. The molecule has 37 heavy (non-hydrogen) atoms. The van der Waals surface area contributed by atoms with E-state index in [2.05, 4.69) is 47.6 Å². The second kappa shape index (κ2) is 14.5. The highest BCUT2D eigenvalue weighted by molar-refractivity contribution is 6.32. The van der Waals surface area contributed by atoms with E-state index in [0.717, 1.165) is 42.7 Å². The summed E-state index contributed by atoms with van der Waals surface area (Å²) < 4.78 is 11.0. The van der Waals surface area contributed by atoms with Crippen molar-refractivity contribution in [1.29, 1.82) is 0 Å². The second-order valence-electron chi connectivity index (χ2n) is 9.42. The number of ether oxygens (including phenoxy) is 2. The van der Waals surface area contributed by atoms with Crippen molar-refractivity contribution in [2.24, 2.45) is 0 Å². The number of nitrogens with zero attached hydrogens (tertiary/aromatic N) is 2. The number of benzene rings is 2. The minimum absolute atomic E-state index is 0.111. The number of pyridine rings is 1. The first-order valence-corrected chi connectivity index (χ1v) is 12.8. The van der Waals surface area contributed by atoms with Crippen molar-refractivity contribution in [3.8, 4) is 16.9 Å². The molecule has 196 valence electrons. The normalized spacial score (nSPS) is 14.6. The predicted molar refractivity (Wildman–Crippen MR) is 151 cm³/mol. The maximum atomic E-state index is 10.4. The summed E-state index contributed by atoms with van der Waals surface area (Å²) >= 11 is 6.38. The van der Waals surface area contributed by atoms with Crippen LogP contribution in [0.25, 0.3) is 17.2 Å². The van der Waals surface area contributed by atoms with Gasteiger partial charge in [0, 0.05) is 32.0 Å². The number of hydrogen-bond acceptors (Lipinski definition) is 5. The van der Waals surface area contributed by atoms with Gasteiger partial charge in [0.2, 0.25) is 6.41 Å². The molecule has 0 aliphatic carbocycles. The number of carbonyl (C=O) groups is 1. The molecule has 1 saturated heterocycles. The first-order valence-electron chi connectivity index (χ1n) is 12.5. The molecule has 1 aliphatic rings. The molecule has 1 N–H and O–H groups in total. The Morgan fingerprint density at radius 1 is 1.16 bits per heavy atom. The van der Waals surface area contributed by atoms with E-state index in [9.17, 15) is 4.79 Å². The number of halogens is 1. The third-order valence-electron chi connectivity index (χ3n) is 5.95. The van der Waals surface area contributed by atoms with Crippen molar-refractivity contribution in [2.45, 2.75) is 26.3 Å². The molecule has 0 unspecified atom stereocenters. The lowest BCUT2D eigenvalue weighted by Gasteiger charge is -2.39. The lowest BCUT2D eigenvalue weighted by molar-refractivity contribution is -0.132. The first-order chi connectivity index (χ1) is 17.9. The zero-order valence-corrected chi connectivity index (χ0v) is 22.6. The molecular formula is C30H36ClN3O3. The highest BCUT2D eigenvalue weighted by Crippen LogP contribution is 2.30. The summed E-state index contributed by atoms with van der Waals surface area (Å²) in [5, 5.41) is 3.94. The largest absolute Gasteiger partial charge is 0.491 e. The SMILES string of the molecule is CC1(C)COCCN1C=O.Cc1ccc(-c2ccc(OCCNC/C=C/c3cccnc3)c(Cl)c2)cc1. The Morgan fingerprint density at radius 2 is 1.95 bits per heavy atom. The van der Waals surface area contributed by atoms with Crippen LogP contribution in [-0.4, -0.2) is 61.3 Å². The van der Waals surface area contributed by atoms with Crippen LogP contribution in [0.1, 0.15) is 25.0 Å². The van der Waals surface area contributed by atoms with Gasteiger partial charge < -0.3 is 19.7 Å². The van der Waals surface area contributed by atoms with E-state index in [-0.39, 0.29) is 5.54 Å². The molecule has 0 saturated carbocycles. The minimum atomic E-state index is -0.111. The molecule has 7 heteroatoms. The van der Waals surface area contributed by atoms with Crippen molar-refractivity contribution in [3.05, 3.63) is 89.2 Å². The Kier molecular flexibility index (Phi) is 11.1. The molecule has 2 aromatic carbocycles. The van der Waals surface area contributed by atoms with Crippen molar-refractivity contribution in [1.82, 2.24) is 15.2 Å². The highest BCUT2D eigenvalue weighted by atomic mass is 35.5. The Hall–Kier alpha value is -3.19. The zero-order chi connectivity index (χ0) is 26.5. The van der Waals surface area contributed by atoms with E-state index in [4.69, 9.17) is 21.1 Å². The summed E-state index contributed by atoms with van der Waals surface area (Å²) in [4.78, 5) is 16.3. The molecule has 3 aromatic rings. The monoisotopic (exact) mass is 521 g/mol. The van der Waals surface area contributed by atoms with E-state index in [1.807, 2.05) is 56.5 Å². The number of carbonyl (C=O) groups excluding carboxylic acids is 1. The molecule has 0 atom stereocenters. The van der Waals surface area contributed by atoms with E-state index in [0.29, 0.717) is 30.6 Å². The molecule has 1 aromatic heterocycles. The van der Waals surface area contributed by atoms with Gasteiger partial charge in [-0.1, -0.05) is 65.7 Å². The van der Waals surface area contributed by atoms with Gasteiger partial charge >= 0.3 is 0 Å². The van der Waals surface area contributed by atoms with Crippen molar-refractivity contribution >= 4 is 24.1 Å². The number of aryl methyl sites for hydroxylation is 1. The number of rotatable bonds is 9. The van der Waals surface area contributed by atoms with Crippen LogP contribution in [0.5, 0.6) is 5.75 Å². The van der Waals surface area contributed by atoms with E-state index < -0.39 is 0 Å². The van der Waals surface area contributed by atoms with Crippen LogP contribution >= 0.6 is 11.6 Å². The van der Waals surface area contributed by atoms with Gasteiger partial charge in [-0.15, -0.1) is 0 Å². The molecule has 0 bridgehead atoms. The zero-order valence-electron chi connectivity index (χ0n) is 21.8. The van der Waals surface area contributed by atoms with Crippen LogP contribution < -0.4 is 10.1 Å². The van der Waals surface area contributed by atoms with Crippen LogP contribution in [-0.2, 0) is 9.53 Å². The maximum Gasteiger partial charge on any atom is 0.210 e. The Bertz CT molecular complexity index is 1130. The molecular weight excluding hydrogens is 486 g/mol. The summed E-state index contributed by atoms with van der Waals surface area (Å²) in [6.07, 6.45) is 8.61. The highest BCUT2D eigenvalue weighted by Gasteiger charge is 2.28. The number of morpholine rings is 1. The van der Waals surface area contributed by atoms with Crippen LogP contribution in [0.3, 0.4) is 0 Å². The van der Waals surface area contributed by atoms with E-state index in [1.165, 1.54) is 5.56 Å². The lowest BCUT2D eigenvalue weighted by Crippen LogP contribution is -2.52. The first kappa shape index (κ1) is 28.4. The van der Waals surface area contributed by atoms with Crippen LogP contribution in [0.4, 0.5) is 0 Å². The van der Waals surface area contributed by atoms with Crippen molar-refractivity contribution in [3.63, 3.8) is 0 Å². The Balaban J connectivity index is 0.000000319. The second-order valence-corrected chi connectivity index (χ2v) is 9.82. The topological polar surface area (TPSA) is 63.7 Å². The van der Waals surface area contributed by atoms with Crippen LogP contribution in [0.15, 0.2) is 73.1 Å². The fourth-order valence-corrected chi connectivity index (χ4v) is 3.93. The summed E-state index contributed by atoms with van der Waals surface area (Å²) in [6.45, 7) is 10.2. The maximum absolute atomic E-state index is 10.4.